The van der Waals surface area contributed by atoms with Gasteiger partial charge in [-0.2, -0.15) is 0 Å². The molecule has 0 amide bonds. The van der Waals surface area contributed by atoms with Gasteiger partial charge in [-0.15, -0.1) is 0 Å². The molecule has 1 aromatic rings. The Kier molecular flexibility index (Phi) is 2.96. The summed E-state index contributed by atoms with van der Waals surface area (Å²) in [6, 6.07) is 2.35. The fourth-order valence-corrected chi connectivity index (χ4v) is 2.10. The molecule has 0 fully saturated rings. The minimum Gasteiger partial charge on any atom is -0.469 e. The molecule has 90 valence electrons. The monoisotopic (exact) mass is 238 g/mol. The van der Waals surface area contributed by atoms with E-state index in [2.05, 4.69) is 4.74 Å². The van der Waals surface area contributed by atoms with Crippen molar-refractivity contribution in [2.24, 2.45) is 0 Å². The van der Waals surface area contributed by atoms with Gasteiger partial charge in [-0.1, -0.05) is 5.57 Å². The summed E-state index contributed by atoms with van der Waals surface area (Å²) in [6.45, 7) is 1.86. The number of carbonyl (C=O) groups excluding carboxylic acids is 1. The molecular weight excluding hydrogens is 226 g/mol. The first-order valence-electron chi connectivity index (χ1n) is 5.26. The molecular formula is C13H12F2O2. The maximum Gasteiger partial charge on any atom is 0.309 e. The summed E-state index contributed by atoms with van der Waals surface area (Å²) < 4.78 is 30.8. The topological polar surface area (TPSA) is 26.3 Å². The van der Waals surface area contributed by atoms with Crippen molar-refractivity contribution in [2.75, 3.05) is 7.11 Å². The predicted molar refractivity (Wildman–Crippen MR) is 59.3 cm³/mol. The van der Waals surface area contributed by atoms with Crippen LogP contribution in [0.25, 0.3) is 5.57 Å². The molecule has 2 nitrogen and oxygen atoms in total. The summed E-state index contributed by atoms with van der Waals surface area (Å²) in [5.74, 6) is -2.12. The van der Waals surface area contributed by atoms with Gasteiger partial charge in [-0.05, 0) is 42.2 Å². The Bertz CT molecular complexity index is 518. The minimum absolute atomic E-state index is 0.0976. The molecule has 0 unspecified atom stereocenters. The highest BCUT2D eigenvalue weighted by Crippen LogP contribution is 2.36. The van der Waals surface area contributed by atoms with Crippen LogP contribution < -0.4 is 0 Å². The summed E-state index contributed by atoms with van der Waals surface area (Å²) in [4.78, 5) is 11.3. The fourth-order valence-electron chi connectivity index (χ4n) is 2.10. The smallest absolute Gasteiger partial charge is 0.309 e. The van der Waals surface area contributed by atoms with E-state index >= 15 is 0 Å². The molecule has 0 spiro atoms. The SMILES string of the molecule is COC(=O)CC1=C(C)Cc2cc(F)c(F)cc21. The summed E-state index contributed by atoms with van der Waals surface area (Å²) in [6.07, 6.45) is 0.652. The molecule has 17 heavy (non-hydrogen) atoms. The number of rotatable bonds is 2. The van der Waals surface area contributed by atoms with E-state index in [4.69, 9.17) is 0 Å². The van der Waals surface area contributed by atoms with Crippen LogP contribution in [0.15, 0.2) is 17.7 Å². The Morgan fingerprint density at radius 1 is 1.35 bits per heavy atom. The van der Waals surface area contributed by atoms with E-state index in [1.54, 1.807) is 0 Å². The van der Waals surface area contributed by atoms with E-state index in [0.717, 1.165) is 22.8 Å². The van der Waals surface area contributed by atoms with Crippen molar-refractivity contribution in [2.45, 2.75) is 19.8 Å². The first kappa shape index (κ1) is 11.8. The Morgan fingerprint density at radius 3 is 2.65 bits per heavy atom. The van der Waals surface area contributed by atoms with Gasteiger partial charge in [0.25, 0.3) is 0 Å². The van der Waals surface area contributed by atoms with Gasteiger partial charge in [-0.3, -0.25) is 4.79 Å². The summed E-state index contributed by atoms with van der Waals surface area (Å²) in [5, 5.41) is 0. The number of allylic oxidation sites excluding steroid dienone is 1. The Morgan fingerprint density at radius 2 is 2.00 bits per heavy atom. The van der Waals surface area contributed by atoms with E-state index < -0.39 is 11.6 Å². The molecule has 0 aliphatic heterocycles. The summed E-state index contributed by atoms with van der Waals surface area (Å²) in [7, 11) is 1.30. The maximum absolute atomic E-state index is 13.2. The van der Waals surface area contributed by atoms with Gasteiger partial charge in [-0.25, -0.2) is 8.78 Å². The van der Waals surface area contributed by atoms with E-state index in [1.807, 2.05) is 6.92 Å². The number of fused-ring (bicyclic) bond motifs is 1. The van der Waals surface area contributed by atoms with Crippen LogP contribution in [0, 0.1) is 11.6 Å². The molecule has 0 bridgehead atoms. The predicted octanol–water partition coefficient (Wildman–Crippen LogP) is 2.86. The molecule has 0 saturated carbocycles. The number of methoxy groups -OCH3 is 1. The van der Waals surface area contributed by atoms with Crippen LogP contribution in [-0.4, -0.2) is 13.1 Å². The van der Waals surface area contributed by atoms with Crippen molar-refractivity contribution in [3.8, 4) is 0 Å². The van der Waals surface area contributed by atoms with E-state index in [1.165, 1.54) is 13.2 Å². The van der Waals surface area contributed by atoms with Crippen LogP contribution in [0.5, 0.6) is 0 Å². The molecule has 2 rings (SSSR count). The number of hydrogen-bond donors (Lipinski definition) is 0. The lowest BCUT2D eigenvalue weighted by atomic mass is 10.0. The average Bonchev–Trinajstić information content (AvgIpc) is 2.56. The zero-order valence-electron chi connectivity index (χ0n) is 9.64. The average molecular weight is 238 g/mol. The van der Waals surface area contributed by atoms with Gasteiger partial charge in [0, 0.05) is 0 Å². The summed E-state index contributed by atoms with van der Waals surface area (Å²) in [5.41, 5.74) is 3.04. The number of carbonyl (C=O) groups is 1. The van der Waals surface area contributed by atoms with Crippen LogP contribution in [0.3, 0.4) is 0 Å². The van der Waals surface area contributed by atoms with E-state index in [-0.39, 0.29) is 12.4 Å². The van der Waals surface area contributed by atoms with Crippen LogP contribution >= 0.6 is 0 Å². The van der Waals surface area contributed by atoms with Crippen LogP contribution in [0.4, 0.5) is 8.78 Å². The van der Waals surface area contributed by atoms with Crippen molar-refractivity contribution >= 4 is 11.5 Å². The molecule has 0 N–H and O–H groups in total. The lowest BCUT2D eigenvalue weighted by Crippen LogP contribution is -2.02. The van der Waals surface area contributed by atoms with Crippen molar-refractivity contribution in [3.63, 3.8) is 0 Å². The Balaban J connectivity index is 2.41. The molecule has 0 heterocycles. The zero-order valence-corrected chi connectivity index (χ0v) is 9.64. The standard InChI is InChI=1S/C13H12F2O2/c1-7-3-8-4-11(14)12(15)5-10(8)9(7)6-13(16)17-2/h4-5H,3,6H2,1-2H3. The van der Waals surface area contributed by atoms with Crippen molar-refractivity contribution in [1.82, 2.24) is 0 Å². The van der Waals surface area contributed by atoms with Crippen molar-refractivity contribution < 1.29 is 18.3 Å². The molecule has 0 saturated heterocycles. The first-order chi connectivity index (χ1) is 8.02. The Labute approximate surface area is 97.9 Å². The number of halogens is 2. The number of hydrogen-bond acceptors (Lipinski definition) is 2. The molecule has 4 heteroatoms. The fraction of sp³-hybridized carbons (Fsp3) is 0.308. The van der Waals surface area contributed by atoms with Gasteiger partial charge in [0.15, 0.2) is 11.6 Å². The number of ether oxygens (including phenoxy) is 1. The molecule has 1 aromatic carbocycles. The second kappa shape index (κ2) is 4.28. The molecule has 0 radical (unpaired) electrons. The largest absolute Gasteiger partial charge is 0.469 e. The van der Waals surface area contributed by atoms with E-state index in [0.29, 0.717) is 12.0 Å². The quantitative estimate of drug-likeness (QED) is 0.740. The van der Waals surface area contributed by atoms with Crippen LogP contribution in [-0.2, 0) is 16.0 Å². The van der Waals surface area contributed by atoms with Crippen LogP contribution in [0.2, 0.25) is 0 Å². The molecule has 0 aromatic heterocycles. The summed E-state index contributed by atoms with van der Waals surface area (Å²) >= 11 is 0. The molecule has 1 aliphatic rings. The third-order valence-electron chi connectivity index (χ3n) is 2.99. The van der Waals surface area contributed by atoms with Crippen molar-refractivity contribution in [1.29, 1.82) is 0 Å². The second-order valence-corrected chi connectivity index (χ2v) is 4.11. The number of benzene rings is 1. The van der Waals surface area contributed by atoms with Crippen LogP contribution in [0.1, 0.15) is 24.5 Å². The number of esters is 1. The normalized spacial score (nSPS) is 13.9. The minimum atomic E-state index is -0.888. The van der Waals surface area contributed by atoms with Gasteiger partial charge in [0.2, 0.25) is 0 Å². The van der Waals surface area contributed by atoms with E-state index in [9.17, 15) is 13.6 Å². The Hall–Kier alpha value is -1.71. The van der Waals surface area contributed by atoms with Gasteiger partial charge >= 0.3 is 5.97 Å². The van der Waals surface area contributed by atoms with Gasteiger partial charge in [0.1, 0.15) is 0 Å². The zero-order chi connectivity index (χ0) is 12.6. The lowest BCUT2D eigenvalue weighted by Gasteiger charge is -2.06. The maximum atomic E-state index is 13.2. The highest BCUT2D eigenvalue weighted by Gasteiger charge is 2.23. The van der Waals surface area contributed by atoms with Gasteiger partial charge < -0.3 is 4.74 Å². The molecule has 1 aliphatic carbocycles. The third-order valence-corrected chi connectivity index (χ3v) is 2.99. The lowest BCUT2D eigenvalue weighted by molar-refractivity contribution is -0.139. The third kappa shape index (κ3) is 2.07. The van der Waals surface area contributed by atoms with Crippen molar-refractivity contribution in [3.05, 3.63) is 40.5 Å². The first-order valence-corrected chi connectivity index (χ1v) is 5.26. The highest BCUT2D eigenvalue weighted by molar-refractivity contribution is 5.89. The second-order valence-electron chi connectivity index (χ2n) is 4.11. The highest BCUT2D eigenvalue weighted by atomic mass is 19.2. The molecule has 0 atom stereocenters. The van der Waals surface area contributed by atoms with Gasteiger partial charge in [0.05, 0.1) is 13.5 Å².